The lowest BCUT2D eigenvalue weighted by atomic mass is 10.1. The topological polar surface area (TPSA) is 30.5 Å². The molecule has 2 unspecified atom stereocenters. The van der Waals surface area contributed by atoms with Gasteiger partial charge in [-0.25, -0.2) is 0 Å². The van der Waals surface area contributed by atoms with Crippen LogP contribution >= 0.6 is 11.8 Å². The summed E-state index contributed by atoms with van der Waals surface area (Å²) in [5.41, 5.74) is 1.07. The van der Waals surface area contributed by atoms with Crippen molar-refractivity contribution in [1.82, 2.24) is 0 Å². The molecular weight excluding hydrogens is 234 g/mol. The van der Waals surface area contributed by atoms with Gasteiger partial charge in [0.1, 0.15) is 11.5 Å². The first-order chi connectivity index (χ1) is 8.22. The highest BCUT2D eigenvalue weighted by atomic mass is 32.2. The zero-order valence-corrected chi connectivity index (χ0v) is 11.3. The van der Waals surface area contributed by atoms with E-state index in [0.29, 0.717) is 11.3 Å². The second-order valence-electron chi connectivity index (χ2n) is 4.22. The van der Waals surface area contributed by atoms with Gasteiger partial charge in [-0.15, -0.1) is 0 Å². The summed E-state index contributed by atoms with van der Waals surface area (Å²) in [6, 6.07) is 6.45. The van der Waals surface area contributed by atoms with E-state index in [1.807, 2.05) is 30.0 Å². The molecule has 0 radical (unpaired) electrons. The molecule has 0 spiro atoms. The van der Waals surface area contributed by atoms with Crippen molar-refractivity contribution in [2.75, 3.05) is 25.3 Å². The Kier molecular flexibility index (Phi) is 4.05. The average Bonchev–Trinajstić information content (AvgIpc) is 2.74. The Balaban J connectivity index is 2.14. The van der Waals surface area contributed by atoms with E-state index in [2.05, 4.69) is 12.2 Å². The maximum atomic E-state index is 5.26. The summed E-state index contributed by atoms with van der Waals surface area (Å²) in [7, 11) is 3.35. The molecule has 1 aliphatic heterocycles. The van der Waals surface area contributed by atoms with E-state index in [1.54, 1.807) is 14.2 Å². The van der Waals surface area contributed by atoms with Gasteiger partial charge in [-0.1, -0.05) is 6.92 Å². The molecular formula is C13H19NO2S. The zero-order chi connectivity index (χ0) is 12.3. The van der Waals surface area contributed by atoms with Crippen LogP contribution in [0.4, 0.5) is 5.69 Å². The molecule has 3 nitrogen and oxygen atoms in total. The fraction of sp³-hybridized carbons (Fsp3) is 0.538. The third-order valence-corrected chi connectivity index (χ3v) is 4.41. The molecule has 1 fully saturated rings. The van der Waals surface area contributed by atoms with Gasteiger partial charge in [-0.05, 0) is 12.2 Å². The normalized spacial score (nSPS) is 23.5. The Morgan fingerprint density at radius 3 is 2.29 bits per heavy atom. The predicted octanol–water partition coefficient (Wildman–Crippen LogP) is 3.01. The molecule has 1 heterocycles. The van der Waals surface area contributed by atoms with Gasteiger partial charge in [0.25, 0.3) is 0 Å². The second kappa shape index (κ2) is 5.54. The summed E-state index contributed by atoms with van der Waals surface area (Å²) in [5.74, 6) is 2.88. The van der Waals surface area contributed by atoms with Gasteiger partial charge in [0.15, 0.2) is 0 Å². The minimum Gasteiger partial charge on any atom is -0.497 e. The SMILES string of the molecule is COc1cc(NC2CCSC2C)cc(OC)c1. The van der Waals surface area contributed by atoms with Crippen molar-refractivity contribution in [3.05, 3.63) is 18.2 Å². The number of nitrogens with one attached hydrogen (secondary N) is 1. The van der Waals surface area contributed by atoms with Crippen LogP contribution in [0.15, 0.2) is 18.2 Å². The molecule has 17 heavy (non-hydrogen) atoms. The van der Waals surface area contributed by atoms with Crippen LogP contribution in [0.5, 0.6) is 11.5 Å². The minimum atomic E-state index is 0.539. The van der Waals surface area contributed by atoms with E-state index in [9.17, 15) is 0 Å². The number of methoxy groups -OCH3 is 2. The number of rotatable bonds is 4. The molecule has 1 N–H and O–H groups in total. The number of hydrogen-bond donors (Lipinski definition) is 1. The van der Waals surface area contributed by atoms with E-state index in [1.165, 1.54) is 12.2 Å². The maximum absolute atomic E-state index is 5.26. The van der Waals surface area contributed by atoms with Crippen molar-refractivity contribution in [1.29, 1.82) is 0 Å². The van der Waals surface area contributed by atoms with E-state index < -0.39 is 0 Å². The fourth-order valence-electron chi connectivity index (χ4n) is 2.03. The highest BCUT2D eigenvalue weighted by Gasteiger charge is 2.23. The molecule has 1 aliphatic rings. The summed E-state index contributed by atoms with van der Waals surface area (Å²) >= 11 is 2.02. The van der Waals surface area contributed by atoms with Crippen molar-refractivity contribution in [2.45, 2.75) is 24.6 Å². The molecule has 4 heteroatoms. The first-order valence-electron chi connectivity index (χ1n) is 5.84. The summed E-state index contributed by atoms with van der Waals surface area (Å²) in [4.78, 5) is 0. The van der Waals surface area contributed by atoms with Gasteiger partial charge in [0, 0.05) is 35.2 Å². The highest BCUT2D eigenvalue weighted by molar-refractivity contribution is 8.00. The van der Waals surface area contributed by atoms with Crippen molar-refractivity contribution < 1.29 is 9.47 Å². The molecule has 2 atom stereocenters. The van der Waals surface area contributed by atoms with Crippen molar-refractivity contribution in [3.63, 3.8) is 0 Å². The van der Waals surface area contributed by atoms with Crippen molar-refractivity contribution in [2.24, 2.45) is 0 Å². The third kappa shape index (κ3) is 3.00. The van der Waals surface area contributed by atoms with Crippen LogP contribution in [0.25, 0.3) is 0 Å². The van der Waals surface area contributed by atoms with Gasteiger partial charge >= 0.3 is 0 Å². The lowest BCUT2D eigenvalue weighted by molar-refractivity contribution is 0.394. The van der Waals surface area contributed by atoms with Crippen LogP contribution in [0.2, 0.25) is 0 Å². The second-order valence-corrected chi connectivity index (χ2v) is 5.70. The molecule has 94 valence electrons. The standard InChI is InChI=1S/C13H19NO2S/c1-9-13(4-5-17-9)14-10-6-11(15-2)8-12(7-10)16-3/h6-9,13-14H,4-5H2,1-3H3. The number of hydrogen-bond acceptors (Lipinski definition) is 4. The predicted molar refractivity (Wildman–Crippen MR) is 73.5 cm³/mol. The summed E-state index contributed by atoms with van der Waals surface area (Å²) < 4.78 is 10.5. The van der Waals surface area contributed by atoms with Gasteiger partial charge in [0.2, 0.25) is 0 Å². The Bertz CT molecular complexity index is 361. The van der Waals surface area contributed by atoms with Gasteiger partial charge in [-0.2, -0.15) is 11.8 Å². The lowest BCUT2D eigenvalue weighted by Crippen LogP contribution is -2.24. The quantitative estimate of drug-likeness (QED) is 0.893. The van der Waals surface area contributed by atoms with Gasteiger partial charge < -0.3 is 14.8 Å². The van der Waals surface area contributed by atoms with E-state index >= 15 is 0 Å². The van der Waals surface area contributed by atoms with Crippen LogP contribution in [-0.2, 0) is 0 Å². The van der Waals surface area contributed by atoms with Crippen LogP contribution in [-0.4, -0.2) is 31.3 Å². The van der Waals surface area contributed by atoms with Crippen LogP contribution in [0, 0.1) is 0 Å². The molecule has 1 saturated heterocycles. The number of benzene rings is 1. The Morgan fingerprint density at radius 1 is 1.18 bits per heavy atom. The minimum absolute atomic E-state index is 0.539. The summed E-state index contributed by atoms with van der Waals surface area (Å²) in [5, 5.41) is 4.22. The van der Waals surface area contributed by atoms with E-state index in [0.717, 1.165) is 17.2 Å². The number of anilines is 1. The molecule has 1 aromatic rings. The average molecular weight is 253 g/mol. The molecule has 0 aromatic heterocycles. The van der Waals surface area contributed by atoms with E-state index in [-0.39, 0.29) is 0 Å². The molecule has 2 rings (SSSR count). The van der Waals surface area contributed by atoms with E-state index in [4.69, 9.17) is 9.47 Å². The molecule has 0 bridgehead atoms. The van der Waals surface area contributed by atoms with Crippen LogP contribution in [0.1, 0.15) is 13.3 Å². The molecule has 1 aromatic carbocycles. The first kappa shape index (κ1) is 12.4. The van der Waals surface area contributed by atoms with Crippen molar-refractivity contribution >= 4 is 17.4 Å². The van der Waals surface area contributed by atoms with Gasteiger partial charge in [0.05, 0.1) is 14.2 Å². The fourth-order valence-corrected chi connectivity index (χ4v) is 3.22. The third-order valence-electron chi connectivity index (χ3n) is 3.08. The summed E-state index contributed by atoms with van der Waals surface area (Å²) in [6.45, 7) is 2.27. The highest BCUT2D eigenvalue weighted by Crippen LogP contribution is 2.31. The first-order valence-corrected chi connectivity index (χ1v) is 6.89. The largest absolute Gasteiger partial charge is 0.497 e. The maximum Gasteiger partial charge on any atom is 0.124 e. The number of ether oxygens (including phenoxy) is 2. The van der Waals surface area contributed by atoms with Crippen LogP contribution in [0.3, 0.4) is 0 Å². The monoisotopic (exact) mass is 253 g/mol. The molecule has 0 amide bonds. The smallest absolute Gasteiger partial charge is 0.124 e. The Labute approximate surface area is 107 Å². The number of thioether (sulfide) groups is 1. The zero-order valence-electron chi connectivity index (χ0n) is 10.5. The van der Waals surface area contributed by atoms with Gasteiger partial charge in [-0.3, -0.25) is 0 Å². The molecule has 0 saturated carbocycles. The Hall–Kier alpha value is -1.03. The molecule has 0 aliphatic carbocycles. The Morgan fingerprint density at radius 2 is 1.82 bits per heavy atom. The lowest BCUT2D eigenvalue weighted by Gasteiger charge is -2.19. The van der Waals surface area contributed by atoms with Crippen LogP contribution < -0.4 is 14.8 Å². The van der Waals surface area contributed by atoms with Crippen molar-refractivity contribution in [3.8, 4) is 11.5 Å². The summed E-state index contributed by atoms with van der Waals surface area (Å²) in [6.07, 6.45) is 1.21.